The molecule has 6 nitrogen and oxygen atoms in total. The smallest absolute Gasteiger partial charge is 0.148 e. The fourth-order valence-corrected chi connectivity index (χ4v) is 7.27. The molecule has 242 valence electrons. The van der Waals surface area contributed by atoms with Gasteiger partial charge >= 0.3 is 0 Å². The number of nitrogens with zero attached hydrogens (tertiary/aromatic N) is 4. The molecule has 0 fully saturated rings. The summed E-state index contributed by atoms with van der Waals surface area (Å²) in [6, 6.07) is 53.3. The highest BCUT2D eigenvalue weighted by Crippen LogP contribution is 2.39. The minimum absolute atomic E-state index is 0.139. The number of rotatable bonds is 4. The monoisotopic (exact) mass is 648 g/mol. The number of aromatic nitrogens is 2. The summed E-state index contributed by atoms with van der Waals surface area (Å²) in [5, 5.41) is 21.4. The quantitative estimate of drug-likeness (QED) is 0.200. The van der Waals surface area contributed by atoms with E-state index in [-0.39, 0.29) is 12.3 Å². The van der Waals surface area contributed by atoms with Crippen molar-refractivity contribution in [2.24, 2.45) is 10.2 Å². The molecule has 0 bridgehead atoms. The van der Waals surface area contributed by atoms with Gasteiger partial charge in [0.1, 0.15) is 18.2 Å². The molecule has 2 aliphatic rings. The van der Waals surface area contributed by atoms with Crippen molar-refractivity contribution < 1.29 is 0 Å². The van der Waals surface area contributed by atoms with Crippen molar-refractivity contribution in [3.63, 3.8) is 0 Å². The zero-order valence-electron chi connectivity index (χ0n) is 27.7. The summed E-state index contributed by atoms with van der Waals surface area (Å²) in [5.41, 5.74) is 9.44. The van der Waals surface area contributed by atoms with Gasteiger partial charge < -0.3 is 9.88 Å². The van der Waals surface area contributed by atoms with E-state index in [2.05, 4.69) is 164 Å². The van der Waals surface area contributed by atoms with Gasteiger partial charge in [0.15, 0.2) is 0 Å². The molecule has 2 atom stereocenters. The average Bonchev–Trinajstić information content (AvgIpc) is 3.89. The van der Waals surface area contributed by atoms with E-state index in [1.807, 2.05) is 36.4 Å². The average molecular weight is 649 g/mol. The lowest BCUT2D eigenvalue weighted by Gasteiger charge is -2.21. The summed E-state index contributed by atoms with van der Waals surface area (Å²) < 4.78 is 4.75. The number of para-hydroxylation sites is 3. The summed E-state index contributed by atoms with van der Waals surface area (Å²) in [4.78, 5) is 0. The van der Waals surface area contributed by atoms with Gasteiger partial charge in [-0.25, -0.2) is 0 Å². The molecule has 0 saturated heterocycles. The molecule has 6 heteroatoms. The summed E-state index contributed by atoms with van der Waals surface area (Å²) in [7, 11) is 0. The first-order chi connectivity index (χ1) is 24.7. The van der Waals surface area contributed by atoms with Crippen LogP contribution in [0.3, 0.4) is 0 Å². The standard InChI is InChI=1S/C37H28N6.C7H8/c1-3-11-24(12-4-1)36-39-37(41-40-36)25-19-20-38-35(21-25)43-32-18-10-8-16-28(32)30-22-29-27-15-7-9-17-31(27)42(33(29)23-34(30)43)26-13-5-2-6-14-26;1-7-5-3-2-4-6-7/h1-19,21-23,36-39H,20H2;2-6H,1H3. The van der Waals surface area contributed by atoms with Crippen LogP contribution < -0.4 is 10.6 Å². The van der Waals surface area contributed by atoms with Crippen molar-refractivity contribution in [2.75, 3.05) is 6.54 Å². The lowest BCUT2D eigenvalue weighted by molar-refractivity contribution is 0.580. The Kier molecular flexibility index (Phi) is 7.56. The van der Waals surface area contributed by atoms with Crippen LogP contribution in [0.2, 0.25) is 0 Å². The Morgan fingerprint density at radius 2 is 1.10 bits per heavy atom. The number of fused-ring (bicyclic) bond motifs is 6. The van der Waals surface area contributed by atoms with E-state index in [0.29, 0.717) is 6.54 Å². The van der Waals surface area contributed by atoms with Gasteiger partial charge in [-0.2, -0.15) is 10.2 Å². The molecule has 0 amide bonds. The van der Waals surface area contributed by atoms with Gasteiger partial charge in [-0.3, -0.25) is 9.88 Å². The lowest BCUT2D eigenvalue weighted by Crippen LogP contribution is -2.30. The van der Waals surface area contributed by atoms with E-state index in [9.17, 15) is 0 Å². The fourth-order valence-electron chi connectivity index (χ4n) is 7.27. The fraction of sp³-hybridized carbons (Fsp3) is 0.0909. The Balaban J connectivity index is 0.000000432. The van der Waals surface area contributed by atoms with E-state index in [1.165, 1.54) is 43.7 Å². The number of hydrogen-bond acceptors (Lipinski definition) is 4. The second-order valence-electron chi connectivity index (χ2n) is 12.8. The predicted octanol–water partition coefficient (Wildman–Crippen LogP) is 10.3. The van der Waals surface area contributed by atoms with Crippen LogP contribution in [-0.4, -0.2) is 21.8 Å². The molecule has 6 aromatic carbocycles. The number of dihydropyridines is 1. The molecule has 2 unspecified atom stereocenters. The van der Waals surface area contributed by atoms with Crippen LogP contribution in [0.25, 0.3) is 55.1 Å². The van der Waals surface area contributed by atoms with Crippen molar-refractivity contribution in [3.8, 4) is 5.69 Å². The lowest BCUT2D eigenvalue weighted by atomic mass is 10.1. The van der Waals surface area contributed by atoms with Gasteiger partial charge in [-0.1, -0.05) is 127 Å². The largest absolute Gasteiger partial charge is 0.368 e. The second-order valence-corrected chi connectivity index (χ2v) is 12.8. The molecule has 2 aliphatic heterocycles. The van der Waals surface area contributed by atoms with E-state index in [4.69, 9.17) is 0 Å². The van der Waals surface area contributed by atoms with Crippen LogP contribution in [0.15, 0.2) is 180 Å². The van der Waals surface area contributed by atoms with Gasteiger partial charge in [0.2, 0.25) is 0 Å². The predicted molar refractivity (Wildman–Crippen MR) is 206 cm³/mol. The number of hydrogen-bond donors (Lipinski definition) is 2. The van der Waals surface area contributed by atoms with Gasteiger partial charge in [-0.05, 0) is 60.5 Å². The SMILES string of the molecule is C1=C(C2N=NC(c3ccccc3)N2)C=C(n2c3ccccc3c3cc4c5ccccc5n(-c5ccccc5)c4cc32)NC1.Cc1ccccc1. The zero-order valence-corrected chi connectivity index (χ0v) is 27.7. The first-order valence-corrected chi connectivity index (χ1v) is 17.1. The Bertz CT molecular complexity index is 2580. The van der Waals surface area contributed by atoms with Crippen LogP contribution >= 0.6 is 0 Å². The van der Waals surface area contributed by atoms with Crippen LogP contribution in [0, 0.1) is 6.92 Å². The van der Waals surface area contributed by atoms with Gasteiger partial charge in [0, 0.05) is 33.8 Å². The Hall–Kier alpha value is -6.24. The van der Waals surface area contributed by atoms with Crippen LogP contribution in [0.4, 0.5) is 0 Å². The highest BCUT2D eigenvalue weighted by molar-refractivity contribution is 6.19. The Morgan fingerprint density at radius 3 is 1.76 bits per heavy atom. The number of nitrogens with one attached hydrogen (secondary N) is 2. The molecule has 4 heterocycles. The van der Waals surface area contributed by atoms with Crippen LogP contribution in [-0.2, 0) is 0 Å². The van der Waals surface area contributed by atoms with Gasteiger partial charge in [-0.15, -0.1) is 0 Å². The van der Waals surface area contributed by atoms with E-state index >= 15 is 0 Å². The normalized spacial score (nSPS) is 17.1. The van der Waals surface area contributed by atoms with Crippen molar-refractivity contribution >= 4 is 49.4 Å². The highest BCUT2D eigenvalue weighted by atomic mass is 15.4. The minimum atomic E-state index is -0.192. The maximum absolute atomic E-state index is 4.63. The summed E-state index contributed by atoms with van der Waals surface area (Å²) in [5.74, 6) is 1.03. The van der Waals surface area contributed by atoms with Crippen molar-refractivity contribution in [2.45, 2.75) is 19.3 Å². The van der Waals surface area contributed by atoms with E-state index in [0.717, 1.165) is 28.2 Å². The van der Waals surface area contributed by atoms with Gasteiger partial charge in [0.05, 0.1) is 22.1 Å². The molecule has 10 rings (SSSR count). The maximum Gasteiger partial charge on any atom is 0.148 e. The van der Waals surface area contributed by atoms with Crippen LogP contribution in [0.1, 0.15) is 17.3 Å². The Labute approximate surface area is 290 Å². The zero-order chi connectivity index (χ0) is 33.4. The van der Waals surface area contributed by atoms with Crippen molar-refractivity contribution in [3.05, 3.63) is 181 Å². The topological polar surface area (TPSA) is 58.6 Å². The number of benzene rings is 6. The first-order valence-electron chi connectivity index (χ1n) is 17.1. The number of aryl methyl sites for hydroxylation is 1. The van der Waals surface area contributed by atoms with Crippen LogP contribution in [0.5, 0.6) is 0 Å². The first kappa shape index (κ1) is 29.9. The Morgan fingerprint density at radius 1 is 0.540 bits per heavy atom. The summed E-state index contributed by atoms with van der Waals surface area (Å²) >= 11 is 0. The third-order valence-electron chi connectivity index (χ3n) is 9.63. The molecule has 0 spiro atoms. The van der Waals surface area contributed by atoms with Crippen molar-refractivity contribution in [1.82, 2.24) is 19.8 Å². The molecule has 0 saturated carbocycles. The van der Waals surface area contributed by atoms with Gasteiger partial charge in [0.25, 0.3) is 0 Å². The van der Waals surface area contributed by atoms with E-state index < -0.39 is 0 Å². The summed E-state index contributed by atoms with van der Waals surface area (Å²) in [6.07, 6.45) is 4.09. The second kappa shape index (κ2) is 12.7. The molecule has 0 radical (unpaired) electrons. The minimum Gasteiger partial charge on any atom is -0.368 e. The molecule has 2 aromatic heterocycles. The molecule has 8 aromatic rings. The molecule has 0 aliphatic carbocycles. The molecular formula is C44H36N6. The highest BCUT2D eigenvalue weighted by Gasteiger charge is 2.26. The van der Waals surface area contributed by atoms with Crippen molar-refractivity contribution in [1.29, 1.82) is 0 Å². The molecular weight excluding hydrogens is 613 g/mol. The summed E-state index contributed by atoms with van der Waals surface area (Å²) in [6.45, 7) is 2.80. The molecule has 2 N–H and O–H groups in total. The third kappa shape index (κ3) is 5.27. The molecule has 50 heavy (non-hydrogen) atoms. The third-order valence-corrected chi connectivity index (χ3v) is 9.63. The maximum atomic E-state index is 4.63. The van der Waals surface area contributed by atoms with E-state index in [1.54, 1.807) is 0 Å². The number of azo groups is 1.